The molecule has 1 nitrogen and oxygen atoms in total. The smallest absolute Gasteiger partial charge is 0.142 e. The van der Waals surface area contributed by atoms with Crippen molar-refractivity contribution in [3.8, 4) is 6.07 Å². The molecule has 1 heterocycles. The van der Waals surface area contributed by atoms with Gasteiger partial charge in [0, 0.05) is 15.5 Å². The average molecular weight is 205 g/mol. The number of nitriles is 1. The molecule has 2 aromatic rings. The Hall–Kier alpha value is -1.40. The average Bonchev–Trinajstić information content (AvgIpc) is 2.59. The lowest BCUT2D eigenvalue weighted by Crippen LogP contribution is -1.89. The van der Waals surface area contributed by atoms with Crippen molar-refractivity contribution in [3.63, 3.8) is 0 Å². The minimum atomic E-state index is -0.209. The van der Waals surface area contributed by atoms with Crippen LogP contribution in [0.3, 0.4) is 0 Å². The van der Waals surface area contributed by atoms with E-state index >= 15 is 0 Å². The normalized spacial score (nSPS) is 10.4. The molecule has 1 aromatic carbocycles. The maximum absolute atomic E-state index is 13.4. The fourth-order valence-electron chi connectivity index (χ4n) is 1.63. The summed E-state index contributed by atoms with van der Waals surface area (Å²) in [6.07, 6.45) is 0.688. The van der Waals surface area contributed by atoms with Crippen LogP contribution in [0, 0.1) is 17.1 Å². The third kappa shape index (κ3) is 1.19. The van der Waals surface area contributed by atoms with E-state index in [9.17, 15) is 4.39 Å². The minimum absolute atomic E-state index is 0.209. The molecule has 3 heteroatoms. The molecule has 0 atom stereocenters. The van der Waals surface area contributed by atoms with E-state index in [2.05, 4.69) is 6.07 Å². The van der Waals surface area contributed by atoms with Crippen LogP contribution in [0.2, 0.25) is 0 Å². The van der Waals surface area contributed by atoms with E-state index in [1.54, 1.807) is 12.1 Å². The number of hydrogen-bond acceptors (Lipinski definition) is 2. The number of halogens is 1. The predicted octanol–water partition coefficient (Wildman–Crippen LogP) is 3.47. The molecule has 70 valence electrons. The first-order valence-electron chi connectivity index (χ1n) is 4.36. The molecule has 0 amide bonds. The van der Waals surface area contributed by atoms with Crippen LogP contribution in [-0.2, 0) is 6.42 Å². The minimum Gasteiger partial charge on any atom is -0.205 e. The van der Waals surface area contributed by atoms with E-state index in [4.69, 9.17) is 5.26 Å². The number of nitrogens with zero attached hydrogens (tertiary/aromatic N) is 1. The Kier molecular flexibility index (Phi) is 2.22. The number of aryl methyl sites for hydroxylation is 1. The summed E-state index contributed by atoms with van der Waals surface area (Å²) in [6.45, 7) is 1.94. The van der Waals surface area contributed by atoms with Gasteiger partial charge in [-0.15, -0.1) is 11.3 Å². The second-order valence-corrected chi connectivity index (χ2v) is 3.93. The Bertz CT molecular complexity index is 522. The second-order valence-electron chi connectivity index (χ2n) is 3.01. The third-order valence-corrected chi connectivity index (χ3v) is 3.20. The van der Waals surface area contributed by atoms with Crippen molar-refractivity contribution in [2.45, 2.75) is 13.3 Å². The molecule has 0 N–H and O–H groups in total. The number of fused-ring (bicyclic) bond motifs is 1. The molecular formula is C11H8FNS. The molecule has 0 saturated carbocycles. The Morgan fingerprint density at radius 1 is 1.50 bits per heavy atom. The van der Waals surface area contributed by atoms with Crippen LogP contribution < -0.4 is 0 Å². The summed E-state index contributed by atoms with van der Waals surface area (Å²) in [6, 6.07) is 5.66. The maximum atomic E-state index is 13.4. The standard InChI is InChI=1S/C11H8FNS/c1-2-8-7(5-13)3-4-10-11(8)9(12)6-14-10/h3-4,6H,2H2,1H3. The molecule has 0 unspecified atom stereocenters. The summed E-state index contributed by atoms with van der Waals surface area (Å²) >= 11 is 1.38. The van der Waals surface area contributed by atoms with Gasteiger partial charge in [0.15, 0.2) is 0 Å². The highest BCUT2D eigenvalue weighted by atomic mass is 32.1. The van der Waals surface area contributed by atoms with Gasteiger partial charge < -0.3 is 0 Å². The Labute approximate surface area is 85.4 Å². The molecule has 0 spiro atoms. The van der Waals surface area contributed by atoms with Crippen LogP contribution in [0.1, 0.15) is 18.1 Å². The Morgan fingerprint density at radius 3 is 2.93 bits per heavy atom. The monoisotopic (exact) mass is 205 g/mol. The highest BCUT2D eigenvalue weighted by Crippen LogP contribution is 2.30. The molecule has 0 fully saturated rings. The highest BCUT2D eigenvalue weighted by Gasteiger charge is 2.11. The van der Waals surface area contributed by atoms with Gasteiger partial charge in [-0.1, -0.05) is 6.92 Å². The van der Waals surface area contributed by atoms with Gasteiger partial charge in [0.05, 0.1) is 11.6 Å². The van der Waals surface area contributed by atoms with E-state index in [1.165, 1.54) is 16.7 Å². The van der Waals surface area contributed by atoms with Gasteiger partial charge in [0.1, 0.15) is 5.82 Å². The van der Waals surface area contributed by atoms with Gasteiger partial charge in [-0.05, 0) is 24.1 Å². The number of rotatable bonds is 1. The first kappa shape index (κ1) is 9.17. The number of benzene rings is 1. The molecule has 0 aliphatic heterocycles. The van der Waals surface area contributed by atoms with E-state index in [0.717, 1.165) is 10.3 Å². The van der Waals surface area contributed by atoms with Crippen molar-refractivity contribution in [1.29, 1.82) is 5.26 Å². The topological polar surface area (TPSA) is 23.8 Å². The van der Waals surface area contributed by atoms with Gasteiger partial charge in [-0.3, -0.25) is 0 Å². The number of hydrogen-bond donors (Lipinski definition) is 0. The molecule has 0 bridgehead atoms. The SMILES string of the molecule is CCc1c(C#N)ccc2scc(F)c12. The first-order valence-corrected chi connectivity index (χ1v) is 5.24. The van der Waals surface area contributed by atoms with Gasteiger partial charge in [0.2, 0.25) is 0 Å². The van der Waals surface area contributed by atoms with Crippen molar-refractivity contribution in [2.24, 2.45) is 0 Å². The lowest BCUT2D eigenvalue weighted by atomic mass is 10.0. The van der Waals surface area contributed by atoms with Crippen LogP contribution in [-0.4, -0.2) is 0 Å². The summed E-state index contributed by atoms with van der Waals surface area (Å²) in [5, 5.41) is 11.0. The van der Waals surface area contributed by atoms with Crippen molar-refractivity contribution in [3.05, 3.63) is 34.5 Å². The fourth-order valence-corrected chi connectivity index (χ4v) is 2.47. The Morgan fingerprint density at radius 2 is 2.29 bits per heavy atom. The van der Waals surface area contributed by atoms with Gasteiger partial charge in [0.25, 0.3) is 0 Å². The summed E-state index contributed by atoms with van der Waals surface area (Å²) in [5.41, 5.74) is 1.40. The molecule has 14 heavy (non-hydrogen) atoms. The summed E-state index contributed by atoms with van der Waals surface area (Å²) in [4.78, 5) is 0. The van der Waals surface area contributed by atoms with E-state index in [-0.39, 0.29) is 5.82 Å². The van der Waals surface area contributed by atoms with Crippen LogP contribution in [0.25, 0.3) is 10.1 Å². The molecule has 0 saturated heterocycles. The molecular weight excluding hydrogens is 197 g/mol. The van der Waals surface area contributed by atoms with Gasteiger partial charge in [-0.2, -0.15) is 5.26 Å². The van der Waals surface area contributed by atoms with Crippen LogP contribution in [0.15, 0.2) is 17.5 Å². The lowest BCUT2D eigenvalue weighted by Gasteiger charge is -2.02. The van der Waals surface area contributed by atoms with Gasteiger partial charge >= 0.3 is 0 Å². The number of thiophene rings is 1. The van der Waals surface area contributed by atoms with E-state index in [0.29, 0.717) is 17.4 Å². The largest absolute Gasteiger partial charge is 0.205 e. The maximum Gasteiger partial charge on any atom is 0.142 e. The third-order valence-electron chi connectivity index (χ3n) is 2.28. The second kappa shape index (κ2) is 3.39. The molecule has 0 aliphatic carbocycles. The van der Waals surface area contributed by atoms with Gasteiger partial charge in [-0.25, -0.2) is 4.39 Å². The summed E-state index contributed by atoms with van der Waals surface area (Å²) in [7, 11) is 0. The van der Waals surface area contributed by atoms with Crippen molar-refractivity contribution in [1.82, 2.24) is 0 Å². The molecule has 1 aromatic heterocycles. The zero-order valence-corrected chi connectivity index (χ0v) is 8.49. The first-order chi connectivity index (χ1) is 6.77. The molecule has 0 radical (unpaired) electrons. The van der Waals surface area contributed by atoms with Crippen molar-refractivity contribution in [2.75, 3.05) is 0 Å². The van der Waals surface area contributed by atoms with E-state index < -0.39 is 0 Å². The van der Waals surface area contributed by atoms with Crippen molar-refractivity contribution >= 4 is 21.4 Å². The predicted molar refractivity (Wildman–Crippen MR) is 55.9 cm³/mol. The quantitative estimate of drug-likeness (QED) is 0.699. The summed E-state index contributed by atoms with van der Waals surface area (Å²) < 4.78 is 14.3. The lowest BCUT2D eigenvalue weighted by molar-refractivity contribution is 0.643. The Balaban J connectivity index is 2.89. The fraction of sp³-hybridized carbons (Fsp3) is 0.182. The van der Waals surface area contributed by atoms with E-state index in [1.807, 2.05) is 6.92 Å². The zero-order chi connectivity index (χ0) is 10.1. The molecule has 0 aliphatic rings. The van der Waals surface area contributed by atoms with Crippen LogP contribution in [0.4, 0.5) is 4.39 Å². The highest BCUT2D eigenvalue weighted by molar-refractivity contribution is 7.17. The van der Waals surface area contributed by atoms with Crippen LogP contribution >= 0.6 is 11.3 Å². The summed E-state index contributed by atoms with van der Waals surface area (Å²) in [5.74, 6) is -0.209. The van der Waals surface area contributed by atoms with Crippen LogP contribution in [0.5, 0.6) is 0 Å². The van der Waals surface area contributed by atoms with Crippen molar-refractivity contribution < 1.29 is 4.39 Å². The zero-order valence-electron chi connectivity index (χ0n) is 7.67. The molecule has 2 rings (SSSR count).